The Morgan fingerprint density at radius 3 is 1.13 bits per heavy atom. The maximum Gasteiger partial charge on any atom is 2.00 e. The van der Waals surface area contributed by atoms with Crippen LogP contribution in [0.25, 0.3) is 0 Å². The molecule has 137 valence electrons. The molecule has 0 aromatic rings. The van der Waals surface area contributed by atoms with Crippen molar-refractivity contribution in [2.75, 3.05) is 0 Å². The molecule has 0 fully saturated rings. The first-order valence-corrected chi connectivity index (χ1v) is 5.44. The summed E-state index contributed by atoms with van der Waals surface area (Å²) < 4.78 is 0. The molecule has 0 aromatic heterocycles. The second-order valence-corrected chi connectivity index (χ2v) is 3.72. The van der Waals surface area contributed by atoms with Gasteiger partial charge in [0.05, 0.1) is 11.9 Å². The summed E-state index contributed by atoms with van der Waals surface area (Å²) >= 11 is 0. The molecule has 0 bridgehead atoms. The quantitative estimate of drug-likeness (QED) is 0.288. The van der Waals surface area contributed by atoms with Crippen molar-refractivity contribution in [3.05, 3.63) is 0 Å². The Morgan fingerprint density at radius 1 is 0.783 bits per heavy atom. The van der Waals surface area contributed by atoms with Gasteiger partial charge in [-0.05, 0) is 12.8 Å². The van der Waals surface area contributed by atoms with Crippen molar-refractivity contribution >= 4 is 23.9 Å². The van der Waals surface area contributed by atoms with E-state index in [1.807, 2.05) is 0 Å². The minimum Gasteiger partial charge on any atom is -0.548 e. The van der Waals surface area contributed by atoms with Gasteiger partial charge < -0.3 is 52.4 Å². The Balaban J connectivity index is -0.0000000831. The van der Waals surface area contributed by atoms with Gasteiger partial charge in [-0.3, -0.25) is 9.59 Å². The van der Waals surface area contributed by atoms with E-state index in [4.69, 9.17) is 21.7 Å². The van der Waals surface area contributed by atoms with Crippen LogP contribution in [-0.4, -0.2) is 57.1 Å². The van der Waals surface area contributed by atoms with Crippen LogP contribution in [0.3, 0.4) is 0 Å². The summed E-state index contributed by atoms with van der Waals surface area (Å²) in [5.74, 6) is -4.95. The van der Waals surface area contributed by atoms with E-state index in [-0.39, 0.29) is 53.7 Å². The van der Waals surface area contributed by atoms with E-state index in [1.54, 1.807) is 0 Å². The molecule has 0 aromatic carbocycles. The number of rotatable bonds is 8. The number of nitrogens with two attached hydrogens (primary N) is 2. The molecule has 0 unspecified atom stereocenters. The molecule has 23 heavy (non-hydrogen) atoms. The average molecular weight is 383 g/mol. The fourth-order valence-electron chi connectivity index (χ4n) is 0.794. The zero-order chi connectivity index (χ0) is 16.3. The first kappa shape index (κ1) is 33.0. The van der Waals surface area contributed by atoms with E-state index in [1.165, 1.54) is 0 Å². The number of hydrogen-bond acceptors (Lipinski definition) is 8. The number of carbonyl (C=O) groups excluding carboxylic acids is 2. The third-order valence-corrected chi connectivity index (χ3v) is 1.94. The maximum atomic E-state index is 9.88. The van der Waals surface area contributed by atoms with Gasteiger partial charge >= 0.3 is 29.0 Å². The van der Waals surface area contributed by atoms with Crippen molar-refractivity contribution in [2.45, 2.75) is 37.8 Å². The van der Waals surface area contributed by atoms with Gasteiger partial charge in [-0.2, -0.15) is 0 Å². The van der Waals surface area contributed by atoms with Gasteiger partial charge in [0.2, 0.25) is 0 Å². The van der Waals surface area contributed by atoms with Gasteiger partial charge in [0.1, 0.15) is 0 Å². The molecule has 0 saturated heterocycles. The Labute approximate surface area is 141 Å². The zero-order valence-electron chi connectivity index (χ0n) is 11.9. The topological polar surface area (TPSA) is 270 Å². The predicted molar refractivity (Wildman–Crippen MR) is 66.9 cm³/mol. The van der Waals surface area contributed by atoms with Gasteiger partial charge in [0.25, 0.3) is 0 Å². The summed E-state index contributed by atoms with van der Waals surface area (Å²) in [7, 11) is 0. The molecule has 2 atom stereocenters. The van der Waals surface area contributed by atoms with Crippen molar-refractivity contribution in [3.63, 3.8) is 0 Å². The Kier molecular flexibility index (Phi) is 26.2. The van der Waals surface area contributed by atoms with Crippen molar-refractivity contribution < 1.29 is 67.6 Å². The van der Waals surface area contributed by atoms with Gasteiger partial charge in [0, 0.05) is 24.9 Å². The SMILES string of the molecule is N[C@@H](CCC(=O)O)C(=O)[O-].N[C@@H](CCC(=O)O)C(=O)[O-].O.O.[Mn+2]. The van der Waals surface area contributed by atoms with Crippen LogP contribution in [0.1, 0.15) is 25.7 Å². The summed E-state index contributed by atoms with van der Waals surface area (Å²) in [4.78, 5) is 39.5. The van der Waals surface area contributed by atoms with Crippen LogP contribution in [0, 0.1) is 0 Å². The zero-order valence-corrected chi connectivity index (χ0v) is 13.0. The standard InChI is InChI=1S/2C5H9NO4.Mn.2H2O/c2*6-3(5(9)10)1-2-4(7)8;;;/h2*3H,1-2,6H2,(H,7,8)(H,9,10);;2*1H2/q;;+2;;/p-2/t2*3-;;;/m00.../s1. The van der Waals surface area contributed by atoms with Crippen LogP contribution >= 0.6 is 0 Å². The molecular formula is C10H20MnN2O10. The third kappa shape index (κ3) is 25.5. The van der Waals surface area contributed by atoms with Crippen LogP contribution in [0.2, 0.25) is 0 Å². The molecule has 0 aliphatic heterocycles. The minimum absolute atomic E-state index is 0. The van der Waals surface area contributed by atoms with E-state index in [9.17, 15) is 29.4 Å². The summed E-state index contributed by atoms with van der Waals surface area (Å²) in [6.07, 6.45) is -0.653. The molecule has 0 heterocycles. The number of hydrogen-bond donors (Lipinski definition) is 4. The Bertz CT molecular complexity index is 332. The van der Waals surface area contributed by atoms with E-state index < -0.39 is 36.0 Å². The van der Waals surface area contributed by atoms with Crippen LogP contribution < -0.4 is 21.7 Å². The molecule has 0 amide bonds. The monoisotopic (exact) mass is 383 g/mol. The van der Waals surface area contributed by atoms with Gasteiger partial charge in [-0.1, -0.05) is 0 Å². The van der Waals surface area contributed by atoms with Crippen LogP contribution in [0.15, 0.2) is 0 Å². The summed E-state index contributed by atoms with van der Waals surface area (Å²) in [5, 5.41) is 35.9. The van der Waals surface area contributed by atoms with Crippen molar-refractivity contribution in [1.82, 2.24) is 0 Å². The van der Waals surface area contributed by atoms with Crippen molar-refractivity contribution in [2.24, 2.45) is 11.5 Å². The summed E-state index contributed by atoms with van der Waals surface area (Å²) in [6, 6.07) is -2.34. The molecule has 13 heteroatoms. The third-order valence-electron chi connectivity index (χ3n) is 1.94. The first-order valence-electron chi connectivity index (χ1n) is 5.44. The number of aliphatic carboxylic acids is 4. The second-order valence-electron chi connectivity index (χ2n) is 3.72. The summed E-state index contributed by atoms with van der Waals surface area (Å²) in [5.41, 5.74) is 9.88. The molecule has 0 saturated carbocycles. The van der Waals surface area contributed by atoms with E-state index in [0.29, 0.717) is 0 Å². The van der Waals surface area contributed by atoms with E-state index in [2.05, 4.69) is 0 Å². The van der Waals surface area contributed by atoms with Crippen molar-refractivity contribution in [3.8, 4) is 0 Å². The van der Waals surface area contributed by atoms with Gasteiger partial charge in [-0.25, -0.2) is 0 Å². The smallest absolute Gasteiger partial charge is 0.548 e. The average Bonchev–Trinajstić information content (AvgIpc) is 2.33. The molecule has 10 N–H and O–H groups in total. The number of carboxylic acid groups (broad SMARTS) is 4. The maximum absolute atomic E-state index is 9.88. The fraction of sp³-hybridized carbons (Fsp3) is 0.600. The predicted octanol–water partition coefficient (Wildman–Crippen LogP) is -5.80. The number of carboxylic acids is 4. The largest absolute Gasteiger partial charge is 2.00 e. The normalized spacial score (nSPS) is 10.9. The Morgan fingerprint density at radius 2 is 1.00 bits per heavy atom. The Hall–Kier alpha value is -1.76. The minimum atomic E-state index is -1.42. The fourth-order valence-corrected chi connectivity index (χ4v) is 0.794. The first-order chi connectivity index (χ1) is 9.07. The molecule has 0 spiro atoms. The van der Waals surface area contributed by atoms with Crippen LogP contribution in [0.4, 0.5) is 0 Å². The van der Waals surface area contributed by atoms with Crippen molar-refractivity contribution in [1.29, 1.82) is 0 Å². The molecule has 12 nitrogen and oxygen atoms in total. The van der Waals surface area contributed by atoms with Crippen LogP contribution in [0.5, 0.6) is 0 Å². The van der Waals surface area contributed by atoms with E-state index >= 15 is 0 Å². The molecule has 1 radical (unpaired) electrons. The van der Waals surface area contributed by atoms with Crippen LogP contribution in [-0.2, 0) is 36.2 Å². The molecule has 0 aliphatic rings. The number of carbonyl (C=O) groups is 4. The van der Waals surface area contributed by atoms with Gasteiger partial charge in [-0.15, -0.1) is 0 Å². The van der Waals surface area contributed by atoms with Gasteiger partial charge in [0.15, 0.2) is 0 Å². The summed E-state index contributed by atoms with van der Waals surface area (Å²) in [6.45, 7) is 0. The van der Waals surface area contributed by atoms with E-state index in [0.717, 1.165) is 0 Å². The molecule has 0 rings (SSSR count). The molecular weight excluding hydrogens is 363 g/mol. The second kappa shape index (κ2) is 18.3. The molecule has 0 aliphatic carbocycles.